The van der Waals surface area contributed by atoms with Crippen LogP contribution in [-0.2, 0) is 24.2 Å². The molecule has 6 heteroatoms. The lowest BCUT2D eigenvalue weighted by Gasteiger charge is -2.58. The van der Waals surface area contributed by atoms with Crippen molar-refractivity contribution in [2.75, 3.05) is 7.11 Å². The fourth-order valence-corrected chi connectivity index (χ4v) is 10.5. The van der Waals surface area contributed by atoms with Gasteiger partial charge in [-0.25, -0.2) is 4.79 Å². The van der Waals surface area contributed by atoms with E-state index in [4.69, 9.17) is 8.85 Å². The van der Waals surface area contributed by atoms with E-state index in [1.807, 2.05) is 12.1 Å². The first-order valence-corrected chi connectivity index (χ1v) is 18.6. The Bertz CT molecular complexity index is 1080. The zero-order chi connectivity index (χ0) is 26.8. The number of carbonyl (C=O) groups excluding carboxylic acids is 1. The van der Waals surface area contributed by atoms with Gasteiger partial charge in [-0.1, -0.05) is 68.5 Å². The van der Waals surface area contributed by atoms with Crippen molar-refractivity contribution >= 4 is 31.6 Å². The molecule has 1 atom stereocenters. The highest BCUT2D eigenvalue weighted by Gasteiger charge is 2.53. The van der Waals surface area contributed by atoms with Crippen LogP contribution >= 0.6 is 0 Å². The fraction of sp³-hybridized carbons (Fsp3) is 0.531. The highest BCUT2D eigenvalue weighted by molar-refractivity contribution is 6.26. The minimum atomic E-state index is -0.678. The van der Waals surface area contributed by atoms with Crippen molar-refractivity contribution in [2.24, 2.45) is 29.1 Å². The van der Waals surface area contributed by atoms with Crippen LogP contribution in [0.15, 0.2) is 54.6 Å². The lowest BCUT2D eigenvalue weighted by Crippen LogP contribution is -2.49. The molecule has 0 aliphatic heterocycles. The largest absolute Gasteiger partial charge is 0.466 e. The quantitative estimate of drug-likeness (QED) is 0.144. The summed E-state index contributed by atoms with van der Waals surface area (Å²) in [6.45, 7) is 6.87. The molecule has 4 bridgehead atoms. The van der Waals surface area contributed by atoms with Crippen molar-refractivity contribution in [3.63, 3.8) is 0 Å². The fourth-order valence-electron chi connectivity index (χ4n) is 8.44. The first-order valence-electron chi connectivity index (χ1n) is 14.6. The molecule has 0 heterocycles. The summed E-state index contributed by atoms with van der Waals surface area (Å²) in [5.41, 5.74) is 4.97. The molecule has 4 fully saturated rings. The van der Waals surface area contributed by atoms with Gasteiger partial charge in [0.25, 0.3) is 0 Å². The van der Waals surface area contributed by atoms with E-state index in [1.165, 1.54) is 69.3 Å². The molecule has 0 N–H and O–H groups in total. The third-order valence-electron chi connectivity index (χ3n) is 9.41. The van der Waals surface area contributed by atoms with Gasteiger partial charge in [-0.05, 0) is 90.9 Å². The minimum absolute atomic E-state index is 0.338. The molecule has 0 saturated heterocycles. The van der Waals surface area contributed by atoms with Gasteiger partial charge < -0.3 is 13.6 Å². The number of rotatable bonds is 11. The summed E-state index contributed by atoms with van der Waals surface area (Å²) < 4.78 is 18.2. The van der Waals surface area contributed by atoms with Crippen LogP contribution in [-0.4, -0.2) is 32.6 Å². The van der Waals surface area contributed by atoms with Crippen LogP contribution < -0.4 is 0 Å². The van der Waals surface area contributed by atoms with Crippen LogP contribution in [0.4, 0.5) is 0 Å². The van der Waals surface area contributed by atoms with Crippen LogP contribution in [0, 0.1) is 29.1 Å². The standard InChI is InChI=1S/C32H44O4Si2/c1-22(18-31-19-24-15-25(20-31)17-26(16-24)21-31)32(35-37-3,36-38-4)29-12-10-28(11-13-29)27-8-5-23(6-9-27)7-14-30(33)34-2/h5-14,22,24-26H,15-21,37-38H2,1-4H3/b14-7+. The number of ether oxygens (including phenoxy) is 1. The normalized spacial score (nSPS) is 29.0. The van der Waals surface area contributed by atoms with E-state index in [9.17, 15) is 4.79 Å². The summed E-state index contributed by atoms with van der Waals surface area (Å²) in [5.74, 6) is 2.28. The molecule has 0 aromatic heterocycles. The molecule has 204 valence electrons. The second-order valence-corrected chi connectivity index (χ2v) is 13.8. The van der Waals surface area contributed by atoms with Gasteiger partial charge >= 0.3 is 5.97 Å². The average molecular weight is 549 g/mol. The molecule has 6 rings (SSSR count). The maximum absolute atomic E-state index is 11.4. The zero-order valence-electron chi connectivity index (χ0n) is 23.6. The third-order valence-corrected chi connectivity index (χ3v) is 10.8. The summed E-state index contributed by atoms with van der Waals surface area (Å²) in [4.78, 5) is 11.4. The van der Waals surface area contributed by atoms with Gasteiger partial charge in [0.05, 0.1) is 7.11 Å². The summed E-state index contributed by atoms with van der Waals surface area (Å²) in [6.07, 6.45) is 13.2. The van der Waals surface area contributed by atoms with E-state index in [1.54, 1.807) is 6.08 Å². The Balaban J connectivity index is 1.37. The Morgan fingerprint density at radius 3 is 1.89 bits per heavy atom. The minimum Gasteiger partial charge on any atom is -0.466 e. The van der Waals surface area contributed by atoms with Crippen molar-refractivity contribution in [1.82, 2.24) is 0 Å². The van der Waals surface area contributed by atoms with Crippen LogP contribution in [0.5, 0.6) is 0 Å². The molecule has 2 aromatic carbocycles. The Labute approximate surface area is 233 Å². The van der Waals surface area contributed by atoms with E-state index in [0.29, 0.717) is 11.3 Å². The van der Waals surface area contributed by atoms with Gasteiger partial charge in [-0.2, -0.15) is 0 Å². The second-order valence-electron chi connectivity index (χ2n) is 12.1. The lowest BCUT2D eigenvalue weighted by atomic mass is 9.48. The first-order chi connectivity index (χ1) is 18.4. The molecule has 4 aliphatic rings. The number of carbonyl (C=O) groups is 1. The molecule has 1 unspecified atom stereocenters. The van der Waals surface area contributed by atoms with Crippen LogP contribution in [0.3, 0.4) is 0 Å². The van der Waals surface area contributed by atoms with E-state index >= 15 is 0 Å². The number of methoxy groups -OCH3 is 1. The van der Waals surface area contributed by atoms with Gasteiger partial charge in [0.15, 0.2) is 25.3 Å². The van der Waals surface area contributed by atoms with Crippen LogP contribution in [0.1, 0.15) is 63.0 Å². The van der Waals surface area contributed by atoms with Crippen molar-refractivity contribution in [2.45, 2.75) is 70.8 Å². The Kier molecular flexibility index (Phi) is 8.43. The molecule has 4 nitrogen and oxygen atoms in total. The summed E-state index contributed by atoms with van der Waals surface area (Å²) in [5, 5.41) is 0. The molecule has 4 saturated carbocycles. The summed E-state index contributed by atoms with van der Waals surface area (Å²) >= 11 is 0. The van der Waals surface area contributed by atoms with Gasteiger partial charge in [0.1, 0.15) is 0 Å². The Morgan fingerprint density at radius 2 is 1.42 bits per heavy atom. The molecule has 0 amide bonds. The molecule has 0 radical (unpaired) electrons. The highest BCUT2D eigenvalue weighted by Crippen LogP contribution is 2.63. The first kappa shape index (κ1) is 27.6. The number of esters is 1. The number of benzene rings is 2. The van der Waals surface area contributed by atoms with Crippen molar-refractivity contribution in [3.8, 4) is 11.1 Å². The molecule has 2 aromatic rings. The molecule has 0 spiro atoms. The van der Waals surface area contributed by atoms with Crippen molar-refractivity contribution < 1.29 is 18.4 Å². The zero-order valence-corrected chi connectivity index (χ0v) is 26.4. The smallest absolute Gasteiger partial charge is 0.330 e. The van der Waals surface area contributed by atoms with Gasteiger partial charge in [0.2, 0.25) is 0 Å². The summed E-state index contributed by atoms with van der Waals surface area (Å²) in [7, 11) is 0.0315. The maximum Gasteiger partial charge on any atom is 0.330 e. The molecular weight excluding hydrogens is 505 g/mol. The van der Waals surface area contributed by atoms with E-state index in [-0.39, 0.29) is 5.97 Å². The third kappa shape index (κ3) is 5.64. The van der Waals surface area contributed by atoms with Crippen molar-refractivity contribution in [1.29, 1.82) is 0 Å². The van der Waals surface area contributed by atoms with E-state index < -0.39 is 25.3 Å². The molecule has 4 aliphatic carbocycles. The SMILES string of the molecule is COC(=O)/C=C/c1ccc(-c2ccc(C(O[SiH2]C)(O[SiH2]C)C(C)CC34CC5CC(CC(C5)C3)C4)cc2)cc1. The molecular formula is C32H44O4Si2. The number of hydrogen-bond acceptors (Lipinski definition) is 4. The van der Waals surface area contributed by atoms with Gasteiger partial charge in [-0.3, -0.25) is 0 Å². The topological polar surface area (TPSA) is 44.8 Å². The van der Waals surface area contributed by atoms with Gasteiger partial charge in [0, 0.05) is 17.6 Å². The van der Waals surface area contributed by atoms with E-state index in [2.05, 4.69) is 61.2 Å². The highest BCUT2D eigenvalue weighted by atomic mass is 28.2. The van der Waals surface area contributed by atoms with Crippen molar-refractivity contribution in [3.05, 3.63) is 65.7 Å². The maximum atomic E-state index is 11.4. The van der Waals surface area contributed by atoms with E-state index in [0.717, 1.165) is 28.9 Å². The monoisotopic (exact) mass is 548 g/mol. The average Bonchev–Trinajstić information content (AvgIpc) is 2.91. The predicted octanol–water partition coefficient (Wildman–Crippen LogP) is 6.23. The Morgan fingerprint density at radius 1 is 0.921 bits per heavy atom. The predicted molar refractivity (Wildman–Crippen MR) is 160 cm³/mol. The van der Waals surface area contributed by atoms with Crippen LogP contribution in [0.2, 0.25) is 13.1 Å². The Hall–Kier alpha value is -2.00. The molecule has 38 heavy (non-hydrogen) atoms. The van der Waals surface area contributed by atoms with Gasteiger partial charge in [-0.15, -0.1) is 0 Å². The van der Waals surface area contributed by atoms with Crippen LogP contribution in [0.25, 0.3) is 17.2 Å². The number of hydrogen-bond donors (Lipinski definition) is 0. The second kappa shape index (κ2) is 11.6. The lowest BCUT2D eigenvalue weighted by molar-refractivity contribution is -0.180. The summed E-state index contributed by atoms with van der Waals surface area (Å²) in [6, 6.07) is 17.1.